The van der Waals surface area contributed by atoms with E-state index in [0.29, 0.717) is 0 Å². The van der Waals surface area contributed by atoms with Gasteiger partial charge in [-0.2, -0.15) is 0 Å². The summed E-state index contributed by atoms with van der Waals surface area (Å²) in [6, 6.07) is 0. The van der Waals surface area contributed by atoms with E-state index in [-0.39, 0.29) is 0 Å². The number of rotatable bonds is 4. The Balaban J connectivity index is 2.33. The van der Waals surface area contributed by atoms with Crippen LogP contribution < -0.4 is 0 Å². The van der Waals surface area contributed by atoms with Crippen molar-refractivity contribution in [2.45, 2.75) is 19.8 Å². The molecular formula is C9H12BrNS. The third-order valence-corrected chi connectivity index (χ3v) is 2.72. The van der Waals surface area contributed by atoms with Crippen LogP contribution >= 0.6 is 27.3 Å². The largest absolute Gasteiger partial charge is 0.246 e. The van der Waals surface area contributed by atoms with E-state index in [9.17, 15) is 0 Å². The van der Waals surface area contributed by atoms with E-state index in [1.165, 1.54) is 5.69 Å². The van der Waals surface area contributed by atoms with Crippen molar-refractivity contribution in [2.24, 2.45) is 0 Å². The Morgan fingerprint density at radius 2 is 2.42 bits per heavy atom. The van der Waals surface area contributed by atoms with Gasteiger partial charge >= 0.3 is 0 Å². The molecular weight excluding hydrogens is 234 g/mol. The first-order valence-corrected chi connectivity index (χ1v) is 5.95. The number of thiazole rings is 1. The molecule has 1 nitrogen and oxygen atoms in total. The number of aryl methyl sites for hydroxylation is 1. The van der Waals surface area contributed by atoms with Crippen molar-refractivity contribution in [2.75, 3.05) is 5.33 Å². The average Bonchev–Trinajstić information content (AvgIpc) is 2.45. The lowest BCUT2D eigenvalue weighted by molar-refractivity contribution is 1.10. The molecule has 0 aliphatic heterocycles. The van der Waals surface area contributed by atoms with Crippen LogP contribution in [0.3, 0.4) is 0 Å². The van der Waals surface area contributed by atoms with Gasteiger partial charge in [0.25, 0.3) is 0 Å². The van der Waals surface area contributed by atoms with E-state index in [2.05, 4.69) is 38.4 Å². The molecule has 0 radical (unpaired) electrons. The van der Waals surface area contributed by atoms with Crippen LogP contribution in [0.15, 0.2) is 17.5 Å². The molecule has 0 bridgehead atoms. The van der Waals surface area contributed by atoms with Gasteiger partial charge in [0.2, 0.25) is 0 Å². The molecule has 0 aliphatic rings. The van der Waals surface area contributed by atoms with E-state index < -0.39 is 0 Å². The number of hydrogen-bond acceptors (Lipinski definition) is 2. The van der Waals surface area contributed by atoms with Crippen molar-refractivity contribution < 1.29 is 0 Å². The van der Waals surface area contributed by atoms with Crippen LogP contribution in [-0.2, 0) is 6.42 Å². The zero-order chi connectivity index (χ0) is 8.81. The fourth-order valence-corrected chi connectivity index (χ4v) is 1.78. The van der Waals surface area contributed by atoms with E-state index in [1.807, 2.05) is 6.92 Å². The summed E-state index contributed by atoms with van der Waals surface area (Å²) in [5.74, 6) is 0. The lowest BCUT2D eigenvalue weighted by atomic mass is 10.3. The Kier molecular flexibility index (Phi) is 4.54. The van der Waals surface area contributed by atoms with Crippen molar-refractivity contribution in [1.29, 1.82) is 0 Å². The predicted octanol–water partition coefficient (Wildman–Crippen LogP) is 3.34. The van der Waals surface area contributed by atoms with E-state index >= 15 is 0 Å². The fraction of sp³-hybridized carbons (Fsp3) is 0.444. The molecule has 0 aromatic carbocycles. The van der Waals surface area contributed by atoms with Gasteiger partial charge in [-0.25, -0.2) is 4.98 Å². The summed E-state index contributed by atoms with van der Waals surface area (Å²) in [5, 5.41) is 4.31. The summed E-state index contributed by atoms with van der Waals surface area (Å²) in [6.07, 6.45) is 6.43. The predicted molar refractivity (Wildman–Crippen MR) is 58.1 cm³/mol. The first-order valence-electron chi connectivity index (χ1n) is 3.95. The van der Waals surface area contributed by atoms with Gasteiger partial charge in [0.15, 0.2) is 0 Å². The van der Waals surface area contributed by atoms with Crippen molar-refractivity contribution in [3.8, 4) is 0 Å². The highest BCUT2D eigenvalue weighted by Gasteiger charge is 1.93. The average molecular weight is 246 g/mol. The Hall–Kier alpha value is -0.150. The van der Waals surface area contributed by atoms with Gasteiger partial charge in [0, 0.05) is 17.1 Å². The Morgan fingerprint density at radius 1 is 1.58 bits per heavy atom. The quantitative estimate of drug-likeness (QED) is 0.586. The second-order valence-corrected chi connectivity index (χ2v) is 4.37. The first kappa shape index (κ1) is 9.93. The molecule has 0 N–H and O–H groups in total. The van der Waals surface area contributed by atoms with E-state index in [0.717, 1.165) is 23.2 Å². The van der Waals surface area contributed by atoms with Crippen molar-refractivity contribution in [3.63, 3.8) is 0 Å². The smallest absolute Gasteiger partial charge is 0.0897 e. The van der Waals surface area contributed by atoms with Gasteiger partial charge in [0.1, 0.15) is 0 Å². The van der Waals surface area contributed by atoms with Gasteiger partial charge in [0.05, 0.1) is 10.7 Å². The van der Waals surface area contributed by atoms with Gasteiger partial charge in [-0.1, -0.05) is 28.1 Å². The SMILES string of the molecule is Cc1nc(CC=CCCBr)cs1. The third-order valence-electron chi connectivity index (χ3n) is 1.44. The third kappa shape index (κ3) is 3.50. The molecule has 0 fully saturated rings. The second kappa shape index (κ2) is 5.49. The number of aromatic nitrogens is 1. The number of allylic oxidation sites excluding steroid dienone is 2. The highest BCUT2D eigenvalue weighted by Crippen LogP contribution is 2.08. The minimum atomic E-state index is 0.970. The van der Waals surface area contributed by atoms with Crippen LogP contribution in [0.5, 0.6) is 0 Å². The topological polar surface area (TPSA) is 12.9 Å². The maximum atomic E-state index is 4.36. The van der Waals surface area contributed by atoms with Crippen LogP contribution in [0.25, 0.3) is 0 Å². The molecule has 0 unspecified atom stereocenters. The molecule has 1 heterocycles. The standard InChI is InChI=1S/C9H12BrNS/c1-8-11-9(7-12-8)5-3-2-4-6-10/h2-3,7H,4-6H2,1H3. The molecule has 0 aliphatic carbocycles. The fourth-order valence-electron chi connectivity index (χ4n) is 0.887. The minimum absolute atomic E-state index is 0.970. The summed E-state index contributed by atoms with van der Waals surface area (Å²) in [5.41, 5.74) is 1.18. The maximum absolute atomic E-state index is 4.36. The lowest BCUT2D eigenvalue weighted by Gasteiger charge is -1.86. The van der Waals surface area contributed by atoms with Gasteiger partial charge in [-0.15, -0.1) is 11.3 Å². The highest BCUT2D eigenvalue weighted by molar-refractivity contribution is 9.09. The van der Waals surface area contributed by atoms with E-state index in [4.69, 9.17) is 0 Å². The molecule has 66 valence electrons. The molecule has 1 rings (SSSR count). The normalized spacial score (nSPS) is 11.2. The number of halogens is 1. The minimum Gasteiger partial charge on any atom is -0.246 e. The molecule has 0 amide bonds. The Morgan fingerprint density at radius 3 is 3.00 bits per heavy atom. The highest BCUT2D eigenvalue weighted by atomic mass is 79.9. The summed E-state index contributed by atoms with van der Waals surface area (Å²) in [7, 11) is 0. The Labute approximate surface area is 85.7 Å². The van der Waals surface area contributed by atoms with Crippen LogP contribution in [-0.4, -0.2) is 10.3 Å². The first-order chi connectivity index (χ1) is 5.83. The van der Waals surface area contributed by atoms with Gasteiger partial charge < -0.3 is 0 Å². The van der Waals surface area contributed by atoms with Gasteiger partial charge in [-0.05, 0) is 13.3 Å². The van der Waals surface area contributed by atoms with Crippen molar-refractivity contribution in [1.82, 2.24) is 4.98 Å². The molecule has 12 heavy (non-hydrogen) atoms. The van der Waals surface area contributed by atoms with Crippen LogP contribution in [0.2, 0.25) is 0 Å². The maximum Gasteiger partial charge on any atom is 0.0897 e. The summed E-state index contributed by atoms with van der Waals surface area (Å²) >= 11 is 5.09. The zero-order valence-corrected chi connectivity index (χ0v) is 9.49. The molecule has 1 aromatic heterocycles. The lowest BCUT2D eigenvalue weighted by Crippen LogP contribution is -1.80. The molecule has 0 saturated heterocycles. The van der Waals surface area contributed by atoms with Crippen LogP contribution in [0, 0.1) is 6.92 Å². The zero-order valence-electron chi connectivity index (χ0n) is 7.09. The molecule has 0 saturated carbocycles. The van der Waals surface area contributed by atoms with E-state index in [1.54, 1.807) is 11.3 Å². The monoisotopic (exact) mass is 245 g/mol. The number of nitrogens with zero attached hydrogens (tertiary/aromatic N) is 1. The molecule has 0 atom stereocenters. The Bertz CT molecular complexity index is 255. The summed E-state index contributed by atoms with van der Waals surface area (Å²) in [6.45, 7) is 2.04. The summed E-state index contributed by atoms with van der Waals surface area (Å²) < 4.78 is 0. The number of alkyl halides is 1. The molecule has 3 heteroatoms. The van der Waals surface area contributed by atoms with Crippen molar-refractivity contribution in [3.05, 3.63) is 28.2 Å². The molecule has 0 spiro atoms. The van der Waals surface area contributed by atoms with Gasteiger partial charge in [-0.3, -0.25) is 0 Å². The second-order valence-electron chi connectivity index (χ2n) is 2.51. The number of hydrogen-bond donors (Lipinski definition) is 0. The summed E-state index contributed by atoms with van der Waals surface area (Å²) in [4.78, 5) is 4.36. The van der Waals surface area contributed by atoms with Crippen LogP contribution in [0.4, 0.5) is 0 Å². The van der Waals surface area contributed by atoms with Crippen LogP contribution in [0.1, 0.15) is 17.1 Å². The molecule has 1 aromatic rings. The van der Waals surface area contributed by atoms with Crippen molar-refractivity contribution >= 4 is 27.3 Å².